The molecule has 5 nitrogen and oxygen atoms in total. The van der Waals surface area contributed by atoms with Crippen LogP contribution >= 0.6 is 11.3 Å². The fourth-order valence-electron chi connectivity index (χ4n) is 2.66. The Balaban J connectivity index is 1.46. The van der Waals surface area contributed by atoms with Gasteiger partial charge in [-0.05, 0) is 24.3 Å². The molecule has 2 aromatic rings. The first-order chi connectivity index (χ1) is 10.3. The van der Waals surface area contributed by atoms with Crippen molar-refractivity contribution in [3.63, 3.8) is 0 Å². The number of carbonyl (C=O) groups excluding carboxylic acids is 1. The zero-order valence-electron chi connectivity index (χ0n) is 11.9. The third-order valence-electron chi connectivity index (χ3n) is 3.82. The zero-order valence-corrected chi connectivity index (χ0v) is 12.7. The van der Waals surface area contributed by atoms with Crippen LogP contribution in [0.5, 0.6) is 0 Å². The minimum Gasteiger partial charge on any atom is -0.355 e. The van der Waals surface area contributed by atoms with E-state index in [1.807, 2.05) is 17.5 Å². The average Bonchev–Trinajstić information content (AvgIpc) is 3.19. The van der Waals surface area contributed by atoms with Gasteiger partial charge >= 0.3 is 0 Å². The van der Waals surface area contributed by atoms with Crippen LogP contribution in [0.3, 0.4) is 0 Å². The van der Waals surface area contributed by atoms with Gasteiger partial charge < -0.3 is 9.84 Å². The summed E-state index contributed by atoms with van der Waals surface area (Å²) in [4.78, 5) is 17.3. The van der Waals surface area contributed by atoms with Crippen molar-refractivity contribution >= 4 is 17.2 Å². The maximum Gasteiger partial charge on any atom is 0.228 e. The van der Waals surface area contributed by atoms with Crippen LogP contribution in [0.25, 0.3) is 10.7 Å². The highest BCUT2D eigenvalue weighted by Crippen LogP contribution is 2.23. The van der Waals surface area contributed by atoms with Crippen molar-refractivity contribution in [1.29, 1.82) is 0 Å². The van der Waals surface area contributed by atoms with Gasteiger partial charge in [0.1, 0.15) is 0 Å². The molecule has 1 aliphatic rings. The van der Waals surface area contributed by atoms with E-state index in [-0.39, 0.29) is 11.8 Å². The van der Waals surface area contributed by atoms with Crippen molar-refractivity contribution in [2.75, 3.05) is 6.54 Å². The lowest BCUT2D eigenvalue weighted by Crippen LogP contribution is -2.33. The van der Waals surface area contributed by atoms with Crippen LogP contribution in [0, 0.1) is 5.92 Å². The first-order valence-electron chi connectivity index (χ1n) is 7.47. The molecule has 0 saturated heterocycles. The van der Waals surface area contributed by atoms with Crippen LogP contribution in [-0.2, 0) is 11.2 Å². The molecule has 0 spiro atoms. The highest BCUT2D eigenvalue weighted by atomic mass is 32.1. The van der Waals surface area contributed by atoms with Gasteiger partial charge in [-0.15, -0.1) is 11.3 Å². The minimum absolute atomic E-state index is 0.174. The second kappa shape index (κ2) is 6.85. The second-order valence-corrected chi connectivity index (χ2v) is 6.31. The molecule has 0 aliphatic heterocycles. The van der Waals surface area contributed by atoms with Gasteiger partial charge in [0.2, 0.25) is 17.6 Å². The summed E-state index contributed by atoms with van der Waals surface area (Å²) in [7, 11) is 0. The van der Waals surface area contributed by atoms with Gasteiger partial charge in [0.25, 0.3) is 0 Å². The van der Waals surface area contributed by atoms with Crippen molar-refractivity contribution in [2.45, 2.75) is 38.5 Å². The van der Waals surface area contributed by atoms with Gasteiger partial charge in [-0.3, -0.25) is 4.79 Å². The summed E-state index contributed by atoms with van der Waals surface area (Å²) >= 11 is 1.58. The lowest BCUT2D eigenvalue weighted by molar-refractivity contribution is -0.125. The van der Waals surface area contributed by atoms with Crippen LogP contribution in [0.2, 0.25) is 0 Å². The Bertz CT molecular complexity index is 574. The van der Waals surface area contributed by atoms with Crippen molar-refractivity contribution in [1.82, 2.24) is 15.5 Å². The standard InChI is InChI=1S/C15H19N3O2S/c19-15(11-5-2-1-3-6-11)16-9-8-13-17-14(18-20-13)12-7-4-10-21-12/h4,7,10-11H,1-3,5-6,8-9H2,(H,16,19). The summed E-state index contributed by atoms with van der Waals surface area (Å²) in [6.07, 6.45) is 6.23. The predicted molar refractivity (Wildman–Crippen MR) is 80.9 cm³/mol. The average molecular weight is 305 g/mol. The molecule has 1 fully saturated rings. The van der Waals surface area contributed by atoms with Gasteiger partial charge in [-0.1, -0.05) is 30.5 Å². The van der Waals surface area contributed by atoms with Crippen LogP contribution in [0.1, 0.15) is 38.0 Å². The van der Waals surface area contributed by atoms with Crippen LogP contribution < -0.4 is 5.32 Å². The molecule has 1 amide bonds. The fraction of sp³-hybridized carbons (Fsp3) is 0.533. The third kappa shape index (κ3) is 3.69. The van der Waals surface area contributed by atoms with E-state index in [0.717, 1.165) is 17.7 Å². The van der Waals surface area contributed by atoms with Gasteiger partial charge in [0, 0.05) is 18.9 Å². The molecule has 1 saturated carbocycles. The van der Waals surface area contributed by atoms with Gasteiger partial charge in [-0.25, -0.2) is 0 Å². The molecule has 2 aromatic heterocycles. The molecule has 0 atom stereocenters. The van der Waals surface area contributed by atoms with E-state index in [9.17, 15) is 4.79 Å². The molecule has 0 aromatic carbocycles. The number of aromatic nitrogens is 2. The van der Waals surface area contributed by atoms with E-state index >= 15 is 0 Å². The summed E-state index contributed by atoms with van der Waals surface area (Å²) < 4.78 is 5.21. The number of nitrogens with zero attached hydrogens (tertiary/aromatic N) is 2. The van der Waals surface area contributed by atoms with Gasteiger partial charge in [-0.2, -0.15) is 4.98 Å². The molecule has 112 valence electrons. The summed E-state index contributed by atoms with van der Waals surface area (Å²) in [5.74, 6) is 1.57. The SMILES string of the molecule is O=C(NCCc1nc(-c2cccs2)no1)C1CCCCC1. The molecular weight excluding hydrogens is 286 g/mol. The lowest BCUT2D eigenvalue weighted by atomic mass is 9.89. The van der Waals surface area contributed by atoms with E-state index in [1.54, 1.807) is 11.3 Å². The van der Waals surface area contributed by atoms with E-state index in [0.29, 0.717) is 24.7 Å². The highest BCUT2D eigenvalue weighted by molar-refractivity contribution is 7.13. The van der Waals surface area contributed by atoms with E-state index in [4.69, 9.17) is 4.52 Å². The Morgan fingerprint density at radius 3 is 3.00 bits per heavy atom. The largest absolute Gasteiger partial charge is 0.355 e. The monoisotopic (exact) mass is 305 g/mol. The number of rotatable bonds is 5. The Labute approximate surface area is 127 Å². The first-order valence-corrected chi connectivity index (χ1v) is 8.35. The number of hydrogen-bond donors (Lipinski definition) is 1. The molecule has 1 aliphatic carbocycles. The summed E-state index contributed by atoms with van der Waals surface area (Å²) in [6, 6.07) is 3.92. The number of carbonyl (C=O) groups is 1. The van der Waals surface area contributed by atoms with Crippen molar-refractivity contribution in [3.05, 3.63) is 23.4 Å². The van der Waals surface area contributed by atoms with Gasteiger partial charge in [0.15, 0.2) is 0 Å². The molecule has 21 heavy (non-hydrogen) atoms. The zero-order chi connectivity index (χ0) is 14.5. The maximum absolute atomic E-state index is 12.0. The predicted octanol–water partition coefficient (Wildman–Crippen LogP) is 3.04. The normalized spacial score (nSPS) is 16.0. The number of nitrogens with one attached hydrogen (secondary N) is 1. The smallest absolute Gasteiger partial charge is 0.228 e. The Hall–Kier alpha value is -1.69. The number of thiophene rings is 1. The highest BCUT2D eigenvalue weighted by Gasteiger charge is 2.20. The Morgan fingerprint density at radius 1 is 1.38 bits per heavy atom. The van der Waals surface area contributed by atoms with Crippen molar-refractivity contribution in [2.24, 2.45) is 5.92 Å². The van der Waals surface area contributed by atoms with E-state index < -0.39 is 0 Å². The van der Waals surface area contributed by atoms with E-state index in [2.05, 4.69) is 15.5 Å². The quantitative estimate of drug-likeness (QED) is 0.922. The van der Waals surface area contributed by atoms with Crippen LogP contribution in [-0.4, -0.2) is 22.6 Å². The topological polar surface area (TPSA) is 68.0 Å². The second-order valence-electron chi connectivity index (χ2n) is 5.36. The van der Waals surface area contributed by atoms with Crippen LogP contribution in [0.15, 0.2) is 22.0 Å². The third-order valence-corrected chi connectivity index (χ3v) is 4.69. The molecular formula is C15H19N3O2S. The molecule has 0 radical (unpaired) electrons. The van der Waals surface area contributed by atoms with Crippen molar-refractivity contribution in [3.8, 4) is 10.7 Å². The fourth-order valence-corrected chi connectivity index (χ4v) is 3.31. The molecule has 3 rings (SSSR count). The first kappa shape index (κ1) is 14.3. The maximum atomic E-state index is 12.0. The molecule has 2 heterocycles. The summed E-state index contributed by atoms with van der Waals surface area (Å²) in [5, 5.41) is 8.92. The Morgan fingerprint density at radius 2 is 2.24 bits per heavy atom. The molecule has 1 N–H and O–H groups in total. The molecule has 0 unspecified atom stereocenters. The van der Waals surface area contributed by atoms with Crippen molar-refractivity contribution < 1.29 is 9.32 Å². The number of hydrogen-bond acceptors (Lipinski definition) is 5. The summed E-state index contributed by atoms with van der Waals surface area (Å²) in [5.41, 5.74) is 0. The minimum atomic E-state index is 0.174. The summed E-state index contributed by atoms with van der Waals surface area (Å²) in [6.45, 7) is 0.557. The van der Waals surface area contributed by atoms with Crippen LogP contribution in [0.4, 0.5) is 0 Å². The Kier molecular flexibility index (Phi) is 4.65. The molecule has 6 heteroatoms. The molecule has 0 bridgehead atoms. The number of amides is 1. The lowest BCUT2D eigenvalue weighted by Gasteiger charge is -2.20. The van der Waals surface area contributed by atoms with Gasteiger partial charge in [0.05, 0.1) is 4.88 Å². The van der Waals surface area contributed by atoms with E-state index in [1.165, 1.54) is 19.3 Å².